The number of nitro benzene ring substituents is 1. The number of nitro groups is 1. The van der Waals surface area contributed by atoms with Gasteiger partial charge in [0.05, 0.1) is 9.40 Å². The van der Waals surface area contributed by atoms with Crippen LogP contribution in [-0.4, -0.2) is 24.6 Å². The van der Waals surface area contributed by atoms with Gasteiger partial charge in [0.25, 0.3) is 0 Å². The van der Waals surface area contributed by atoms with E-state index in [1.165, 1.54) is 6.07 Å². The molecule has 0 heterocycles. The van der Waals surface area contributed by atoms with E-state index in [1.54, 1.807) is 6.07 Å². The van der Waals surface area contributed by atoms with Gasteiger partial charge in [0.15, 0.2) is 0 Å². The number of ether oxygens (including phenoxy) is 1. The van der Waals surface area contributed by atoms with Crippen LogP contribution in [0.3, 0.4) is 0 Å². The van der Waals surface area contributed by atoms with Gasteiger partial charge < -0.3 is 10.1 Å². The normalized spacial score (nSPS) is 10.3. The van der Waals surface area contributed by atoms with Gasteiger partial charge in [-0.25, -0.2) is 0 Å². The second kappa shape index (κ2) is 6.78. The molecule has 94 valence electrons. The summed E-state index contributed by atoms with van der Waals surface area (Å²) >= 11 is 8.95. The molecule has 5 nitrogen and oxygen atoms in total. The van der Waals surface area contributed by atoms with Crippen LogP contribution in [0.1, 0.15) is 6.92 Å². The van der Waals surface area contributed by atoms with Crippen LogP contribution in [0.25, 0.3) is 0 Å². The highest BCUT2D eigenvalue weighted by atomic mass is 79.9. The molecule has 17 heavy (non-hydrogen) atoms. The lowest BCUT2D eigenvalue weighted by molar-refractivity contribution is -0.385. The third-order valence-corrected chi connectivity index (χ3v) is 2.77. The Bertz CT molecular complexity index is 415. The lowest BCUT2D eigenvalue weighted by atomic mass is 10.3. The molecule has 0 fully saturated rings. The molecule has 1 rings (SSSR count). The fourth-order valence-corrected chi connectivity index (χ4v) is 2.14. The molecule has 0 saturated heterocycles. The molecule has 0 saturated carbocycles. The van der Waals surface area contributed by atoms with Gasteiger partial charge in [-0.05, 0) is 28.5 Å². The van der Waals surface area contributed by atoms with Crippen LogP contribution in [-0.2, 0) is 0 Å². The molecule has 0 aliphatic carbocycles. The number of hydrogen-bond acceptors (Lipinski definition) is 4. The largest absolute Gasteiger partial charge is 0.485 e. The average molecular weight is 324 g/mol. The third kappa shape index (κ3) is 4.14. The van der Waals surface area contributed by atoms with Gasteiger partial charge in [0.1, 0.15) is 6.61 Å². The summed E-state index contributed by atoms with van der Waals surface area (Å²) in [4.78, 5) is 10.3. The highest BCUT2D eigenvalue weighted by molar-refractivity contribution is 9.10. The Labute approximate surface area is 112 Å². The number of nitrogens with one attached hydrogen (secondary N) is 1. The van der Waals surface area contributed by atoms with Crippen molar-refractivity contribution in [2.24, 2.45) is 0 Å². The van der Waals surface area contributed by atoms with Gasteiger partial charge in [0.2, 0.25) is 5.75 Å². The van der Waals surface area contributed by atoms with E-state index in [4.69, 9.17) is 16.3 Å². The Balaban J connectivity index is 2.85. The molecule has 0 aliphatic rings. The number of rotatable bonds is 6. The van der Waals surface area contributed by atoms with Crippen LogP contribution in [0.15, 0.2) is 16.6 Å². The molecule has 0 aromatic heterocycles. The van der Waals surface area contributed by atoms with Gasteiger partial charge in [0, 0.05) is 17.6 Å². The van der Waals surface area contributed by atoms with Crippen molar-refractivity contribution in [1.29, 1.82) is 0 Å². The van der Waals surface area contributed by atoms with E-state index in [-0.39, 0.29) is 11.4 Å². The maximum absolute atomic E-state index is 10.8. The van der Waals surface area contributed by atoms with Crippen molar-refractivity contribution >= 4 is 33.2 Å². The molecule has 0 aliphatic heterocycles. The number of benzene rings is 1. The minimum absolute atomic E-state index is 0.138. The fourth-order valence-electron chi connectivity index (χ4n) is 1.23. The van der Waals surface area contributed by atoms with Crippen molar-refractivity contribution in [1.82, 2.24) is 5.32 Å². The first-order chi connectivity index (χ1) is 8.06. The van der Waals surface area contributed by atoms with Gasteiger partial charge in [-0.15, -0.1) is 0 Å². The second-order valence-electron chi connectivity index (χ2n) is 3.19. The van der Waals surface area contributed by atoms with Crippen molar-refractivity contribution in [2.75, 3.05) is 19.7 Å². The summed E-state index contributed by atoms with van der Waals surface area (Å²) in [7, 11) is 0. The Morgan fingerprint density at radius 1 is 1.59 bits per heavy atom. The van der Waals surface area contributed by atoms with E-state index >= 15 is 0 Å². The standard InChI is InChI=1S/C10H12BrClN2O3/c1-2-13-3-4-17-10-8(11)5-7(12)6-9(10)14(15)16/h5-6,13H,2-4H2,1H3. The summed E-state index contributed by atoms with van der Waals surface area (Å²) in [5, 5.41) is 14.2. The highest BCUT2D eigenvalue weighted by Gasteiger charge is 2.19. The second-order valence-corrected chi connectivity index (χ2v) is 4.49. The van der Waals surface area contributed by atoms with Crippen LogP contribution >= 0.6 is 27.5 Å². The SMILES string of the molecule is CCNCCOc1c(Br)cc(Cl)cc1[N+](=O)[O-]. The monoisotopic (exact) mass is 322 g/mol. The molecule has 1 aromatic carbocycles. The van der Waals surface area contributed by atoms with Gasteiger partial charge in [-0.3, -0.25) is 10.1 Å². The van der Waals surface area contributed by atoms with Crippen LogP contribution in [0.2, 0.25) is 5.02 Å². The van der Waals surface area contributed by atoms with E-state index in [2.05, 4.69) is 21.2 Å². The Kier molecular flexibility index (Phi) is 5.67. The summed E-state index contributed by atoms with van der Waals surface area (Å²) in [6, 6.07) is 2.84. The topological polar surface area (TPSA) is 64.4 Å². The van der Waals surface area contributed by atoms with E-state index < -0.39 is 4.92 Å². The first kappa shape index (κ1) is 14.2. The zero-order chi connectivity index (χ0) is 12.8. The number of nitrogens with zero attached hydrogens (tertiary/aromatic N) is 1. The van der Waals surface area contributed by atoms with Crippen molar-refractivity contribution in [3.63, 3.8) is 0 Å². The molecule has 1 aromatic rings. The summed E-state index contributed by atoms with van der Waals surface area (Å²) in [5.74, 6) is 0.206. The first-order valence-electron chi connectivity index (χ1n) is 5.03. The van der Waals surface area contributed by atoms with Gasteiger partial charge in [-0.1, -0.05) is 18.5 Å². The highest BCUT2D eigenvalue weighted by Crippen LogP contribution is 2.37. The van der Waals surface area contributed by atoms with E-state index in [0.717, 1.165) is 6.54 Å². The molecule has 0 unspecified atom stereocenters. The molecule has 7 heteroatoms. The predicted octanol–water partition coefficient (Wildman–Crippen LogP) is 3.00. The van der Waals surface area contributed by atoms with E-state index in [9.17, 15) is 10.1 Å². The van der Waals surface area contributed by atoms with Gasteiger partial charge in [-0.2, -0.15) is 0 Å². The van der Waals surface area contributed by atoms with Crippen molar-refractivity contribution in [3.8, 4) is 5.75 Å². The molecule has 0 spiro atoms. The minimum atomic E-state index is -0.515. The summed E-state index contributed by atoms with van der Waals surface area (Å²) in [6.07, 6.45) is 0. The Morgan fingerprint density at radius 3 is 2.88 bits per heavy atom. The fraction of sp³-hybridized carbons (Fsp3) is 0.400. The van der Waals surface area contributed by atoms with Crippen molar-refractivity contribution in [3.05, 3.63) is 31.7 Å². The molecule has 0 bridgehead atoms. The maximum atomic E-state index is 10.8. The van der Waals surface area contributed by atoms with Crippen LogP contribution in [0.4, 0.5) is 5.69 Å². The minimum Gasteiger partial charge on any atom is -0.485 e. The van der Waals surface area contributed by atoms with Crippen LogP contribution in [0.5, 0.6) is 5.75 Å². The molecule has 1 N–H and O–H groups in total. The lowest BCUT2D eigenvalue weighted by Crippen LogP contribution is -2.20. The van der Waals surface area contributed by atoms with Crippen LogP contribution < -0.4 is 10.1 Å². The Morgan fingerprint density at radius 2 is 2.29 bits per heavy atom. The number of likely N-dealkylation sites (N-methyl/N-ethyl adjacent to an activating group) is 1. The average Bonchev–Trinajstić information content (AvgIpc) is 2.25. The van der Waals surface area contributed by atoms with E-state index in [0.29, 0.717) is 22.6 Å². The zero-order valence-electron chi connectivity index (χ0n) is 9.20. The zero-order valence-corrected chi connectivity index (χ0v) is 11.5. The Hall–Kier alpha value is -0.850. The molecular formula is C10H12BrClN2O3. The first-order valence-corrected chi connectivity index (χ1v) is 6.20. The molecule has 0 atom stereocenters. The van der Waals surface area contributed by atoms with Crippen LogP contribution in [0, 0.1) is 10.1 Å². The lowest BCUT2D eigenvalue weighted by Gasteiger charge is -2.09. The smallest absolute Gasteiger partial charge is 0.313 e. The van der Waals surface area contributed by atoms with Gasteiger partial charge >= 0.3 is 5.69 Å². The summed E-state index contributed by atoms with van der Waals surface area (Å²) in [5.41, 5.74) is -0.138. The summed E-state index contributed by atoms with van der Waals surface area (Å²) in [6.45, 7) is 3.78. The third-order valence-electron chi connectivity index (χ3n) is 1.96. The quantitative estimate of drug-likeness (QED) is 0.496. The van der Waals surface area contributed by atoms with Crippen molar-refractivity contribution in [2.45, 2.75) is 6.92 Å². The predicted molar refractivity (Wildman–Crippen MR) is 69.8 cm³/mol. The summed E-state index contributed by atoms with van der Waals surface area (Å²) < 4.78 is 5.86. The molecular weight excluding hydrogens is 311 g/mol. The van der Waals surface area contributed by atoms with Crippen molar-refractivity contribution < 1.29 is 9.66 Å². The maximum Gasteiger partial charge on any atom is 0.313 e. The number of halogens is 2. The number of hydrogen-bond donors (Lipinski definition) is 1. The molecule has 0 radical (unpaired) electrons. The van der Waals surface area contributed by atoms with E-state index in [1.807, 2.05) is 6.92 Å². The molecule has 0 amide bonds.